The van der Waals surface area contributed by atoms with Gasteiger partial charge in [0.1, 0.15) is 6.10 Å². The van der Waals surface area contributed by atoms with Gasteiger partial charge < -0.3 is 10.1 Å². The van der Waals surface area contributed by atoms with Crippen LogP contribution in [0.15, 0.2) is 24.3 Å². The number of rotatable bonds is 1. The summed E-state index contributed by atoms with van der Waals surface area (Å²) in [6.07, 6.45) is -0.887. The fourth-order valence-corrected chi connectivity index (χ4v) is 1.62. The van der Waals surface area contributed by atoms with E-state index in [9.17, 15) is 9.59 Å². The molecule has 0 aromatic heterocycles. The second-order valence-corrected chi connectivity index (χ2v) is 4.18. The Morgan fingerprint density at radius 1 is 1.47 bits per heavy atom. The van der Waals surface area contributed by atoms with Crippen LogP contribution in [0.1, 0.15) is 6.92 Å². The lowest BCUT2D eigenvalue weighted by Gasteiger charge is -2.12. The molecule has 1 saturated heterocycles. The summed E-state index contributed by atoms with van der Waals surface area (Å²) in [7, 11) is 0. The number of imide groups is 1. The highest BCUT2D eigenvalue weighted by atomic mass is 35.5. The molecule has 17 heavy (non-hydrogen) atoms. The Bertz CT molecular complexity index is 447. The van der Waals surface area contributed by atoms with E-state index >= 15 is 0 Å². The molecule has 0 bridgehead atoms. The smallest absolute Gasteiger partial charge is 0.418 e. The lowest BCUT2D eigenvalue weighted by Crippen LogP contribution is -2.35. The minimum atomic E-state index is -0.621. The van der Waals surface area contributed by atoms with Crippen LogP contribution >= 0.6 is 11.6 Å². The summed E-state index contributed by atoms with van der Waals surface area (Å²) in [5.41, 5.74) is 0.576. The molecule has 90 valence electrons. The molecule has 0 spiro atoms. The van der Waals surface area contributed by atoms with Gasteiger partial charge >= 0.3 is 12.1 Å². The van der Waals surface area contributed by atoms with E-state index in [1.807, 2.05) is 0 Å². The molecule has 1 atom stereocenters. The summed E-state index contributed by atoms with van der Waals surface area (Å²) < 4.78 is 4.86. The van der Waals surface area contributed by atoms with Crippen molar-refractivity contribution in [3.63, 3.8) is 0 Å². The standard InChI is InChI=1S/C11H11ClN2O3/c1-7-6-14(11(16)17-7)10(15)13-9-4-2-8(12)3-5-9/h2-5,7H,6H2,1H3,(H,13,15). The Morgan fingerprint density at radius 2 is 2.12 bits per heavy atom. The monoisotopic (exact) mass is 254 g/mol. The zero-order valence-corrected chi connectivity index (χ0v) is 9.90. The van der Waals surface area contributed by atoms with Crippen molar-refractivity contribution in [2.45, 2.75) is 13.0 Å². The second-order valence-electron chi connectivity index (χ2n) is 3.74. The minimum Gasteiger partial charge on any atom is -0.444 e. The van der Waals surface area contributed by atoms with Gasteiger partial charge in [-0.05, 0) is 31.2 Å². The van der Waals surface area contributed by atoms with Gasteiger partial charge in [0.15, 0.2) is 0 Å². The highest BCUT2D eigenvalue weighted by Gasteiger charge is 2.33. The number of halogens is 1. The van der Waals surface area contributed by atoms with Gasteiger partial charge in [-0.15, -0.1) is 0 Å². The summed E-state index contributed by atoms with van der Waals surface area (Å²) in [6, 6.07) is 6.13. The number of cyclic esters (lactones) is 1. The molecular formula is C11H11ClN2O3. The lowest BCUT2D eigenvalue weighted by molar-refractivity contribution is 0.141. The van der Waals surface area contributed by atoms with E-state index < -0.39 is 12.1 Å². The first-order chi connectivity index (χ1) is 8.06. The predicted molar refractivity (Wildman–Crippen MR) is 63.1 cm³/mol. The minimum absolute atomic E-state index is 0.262. The molecule has 6 heteroatoms. The molecule has 0 saturated carbocycles. The van der Waals surface area contributed by atoms with Gasteiger partial charge in [-0.2, -0.15) is 0 Å². The van der Waals surface area contributed by atoms with Gasteiger partial charge in [-0.25, -0.2) is 14.5 Å². The van der Waals surface area contributed by atoms with Crippen LogP contribution in [-0.4, -0.2) is 29.7 Å². The lowest BCUT2D eigenvalue weighted by atomic mass is 10.3. The first-order valence-corrected chi connectivity index (χ1v) is 5.49. The molecule has 0 radical (unpaired) electrons. The summed E-state index contributed by atoms with van der Waals surface area (Å²) in [5, 5.41) is 3.17. The Labute approximate surface area is 103 Å². The van der Waals surface area contributed by atoms with Gasteiger partial charge in [0.25, 0.3) is 0 Å². The Balaban J connectivity index is 2.02. The molecule has 1 aliphatic heterocycles. The van der Waals surface area contributed by atoms with Crippen molar-refractivity contribution >= 4 is 29.4 Å². The first kappa shape index (κ1) is 11.7. The highest BCUT2D eigenvalue weighted by Crippen LogP contribution is 2.16. The Morgan fingerprint density at radius 3 is 2.65 bits per heavy atom. The highest BCUT2D eigenvalue weighted by molar-refractivity contribution is 6.30. The average Bonchev–Trinajstić information content (AvgIpc) is 2.61. The zero-order chi connectivity index (χ0) is 12.4. The van der Waals surface area contributed by atoms with E-state index in [0.29, 0.717) is 10.7 Å². The molecule has 1 fully saturated rings. The fraction of sp³-hybridized carbons (Fsp3) is 0.273. The normalized spacial score (nSPS) is 19.1. The number of nitrogens with one attached hydrogen (secondary N) is 1. The van der Waals surface area contributed by atoms with Crippen molar-refractivity contribution in [3.8, 4) is 0 Å². The Hall–Kier alpha value is -1.75. The number of benzene rings is 1. The van der Waals surface area contributed by atoms with Crippen LogP contribution in [0.3, 0.4) is 0 Å². The van der Waals surface area contributed by atoms with Crippen LogP contribution in [0.2, 0.25) is 5.02 Å². The third kappa shape index (κ3) is 2.68. The van der Waals surface area contributed by atoms with Crippen LogP contribution in [0.5, 0.6) is 0 Å². The van der Waals surface area contributed by atoms with Gasteiger partial charge in [0.05, 0.1) is 6.54 Å². The van der Waals surface area contributed by atoms with Gasteiger partial charge in [0.2, 0.25) is 0 Å². The van der Waals surface area contributed by atoms with E-state index in [-0.39, 0.29) is 12.6 Å². The fourth-order valence-electron chi connectivity index (χ4n) is 1.49. The maximum absolute atomic E-state index is 11.7. The summed E-state index contributed by atoms with van der Waals surface area (Å²) in [6.45, 7) is 1.99. The average molecular weight is 255 g/mol. The number of hydrogen-bond acceptors (Lipinski definition) is 3. The number of carbonyl (C=O) groups excluding carboxylic acids is 2. The molecule has 2 rings (SSSR count). The maximum atomic E-state index is 11.7. The van der Waals surface area contributed by atoms with E-state index in [0.717, 1.165) is 4.90 Å². The van der Waals surface area contributed by atoms with Crippen molar-refractivity contribution in [2.24, 2.45) is 0 Å². The number of urea groups is 1. The largest absolute Gasteiger partial charge is 0.444 e. The van der Waals surface area contributed by atoms with Crippen LogP contribution in [0.25, 0.3) is 0 Å². The van der Waals surface area contributed by atoms with Crippen LogP contribution < -0.4 is 5.32 Å². The molecule has 1 aromatic rings. The topological polar surface area (TPSA) is 58.6 Å². The van der Waals surface area contributed by atoms with Crippen LogP contribution in [0.4, 0.5) is 15.3 Å². The van der Waals surface area contributed by atoms with Gasteiger partial charge in [-0.3, -0.25) is 0 Å². The van der Waals surface area contributed by atoms with Crippen molar-refractivity contribution in [1.82, 2.24) is 4.90 Å². The van der Waals surface area contributed by atoms with Crippen molar-refractivity contribution in [2.75, 3.05) is 11.9 Å². The summed E-state index contributed by atoms with van der Waals surface area (Å²) in [5.74, 6) is 0. The number of ether oxygens (including phenoxy) is 1. The third-order valence-corrected chi connectivity index (χ3v) is 2.55. The predicted octanol–water partition coefficient (Wildman–Crippen LogP) is 2.71. The quantitative estimate of drug-likeness (QED) is 0.838. The van der Waals surface area contributed by atoms with Gasteiger partial charge in [0, 0.05) is 10.7 Å². The Kier molecular flexibility index (Phi) is 3.19. The van der Waals surface area contributed by atoms with E-state index in [4.69, 9.17) is 16.3 Å². The van der Waals surface area contributed by atoms with E-state index in [1.54, 1.807) is 31.2 Å². The first-order valence-electron chi connectivity index (χ1n) is 5.11. The zero-order valence-electron chi connectivity index (χ0n) is 9.14. The summed E-state index contributed by atoms with van der Waals surface area (Å²) >= 11 is 5.72. The third-order valence-electron chi connectivity index (χ3n) is 2.30. The molecule has 1 N–H and O–H groups in total. The maximum Gasteiger partial charge on any atom is 0.418 e. The molecule has 1 heterocycles. The van der Waals surface area contributed by atoms with Crippen molar-refractivity contribution in [3.05, 3.63) is 29.3 Å². The number of carbonyl (C=O) groups is 2. The molecule has 5 nitrogen and oxygen atoms in total. The number of nitrogens with zero attached hydrogens (tertiary/aromatic N) is 1. The number of amides is 3. The molecular weight excluding hydrogens is 244 g/mol. The van der Waals surface area contributed by atoms with Gasteiger partial charge in [-0.1, -0.05) is 11.6 Å². The second kappa shape index (κ2) is 4.63. The van der Waals surface area contributed by atoms with Crippen LogP contribution in [-0.2, 0) is 4.74 Å². The number of hydrogen-bond donors (Lipinski definition) is 1. The van der Waals surface area contributed by atoms with Crippen molar-refractivity contribution in [1.29, 1.82) is 0 Å². The summed E-state index contributed by atoms with van der Waals surface area (Å²) in [4.78, 5) is 24.1. The molecule has 1 aromatic carbocycles. The van der Waals surface area contributed by atoms with Crippen molar-refractivity contribution < 1.29 is 14.3 Å². The molecule has 1 aliphatic rings. The molecule has 0 aliphatic carbocycles. The van der Waals surface area contributed by atoms with Crippen LogP contribution in [0, 0.1) is 0 Å². The number of anilines is 1. The van der Waals surface area contributed by atoms with E-state index in [1.165, 1.54) is 0 Å². The SMILES string of the molecule is CC1CN(C(=O)Nc2ccc(Cl)cc2)C(=O)O1. The molecule has 1 unspecified atom stereocenters. The molecule has 3 amide bonds. The van der Waals surface area contributed by atoms with E-state index in [2.05, 4.69) is 5.32 Å².